The summed E-state index contributed by atoms with van der Waals surface area (Å²) in [6, 6.07) is 58.7. The predicted molar refractivity (Wildman–Crippen MR) is 299 cm³/mol. The largest absolute Gasteiger partial charge is 0.454 e. The van der Waals surface area contributed by atoms with E-state index in [4.69, 9.17) is 8.83 Å². The zero-order valence-electron chi connectivity index (χ0n) is 42.1. The molecule has 0 fully saturated rings. The van der Waals surface area contributed by atoms with Crippen molar-refractivity contribution in [2.24, 2.45) is 10.8 Å². The molecule has 4 heteroatoms. The summed E-state index contributed by atoms with van der Waals surface area (Å²) in [5.74, 6) is 0. The van der Waals surface area contributed by atoms with Gasteiger partial charge in [0.2, 0.25) is 0 Å². The van der Waals surface area contributed by atoms with Crippen LogP contribution in [0.15, 0.2) is 167 Å². The van der Waals surface area contributed by atoms with E-state index in [1.807, 2.05) is 0 Å². The van der Waals surface area contributed by atoms with Crippen LogP contribution in [0.4, 0.5) is 34.1 Å². The van der Waals surface area contributed by atoms with Gasteiger partial charge in [0.15, 0.2) is 11.2 Å². The first-order valence-electron chi connectivity index (χ1n) is 24.9. The Morgan fingerprint density at radius 3 is 1.11 bits per heavy atom. The monoisotopic (exact) mass is 912 g/mol. The van der Waals surface area contributed by atoms with Gasteiger partial charge in [0.05, 0.1) is 22.7 Å². The van der Waals surface area contributed by atoms with Crippen molar-refractivity contribution in [3.63, 3.8) is 0 Å². The van der Waals surface area contributed by atoms with E-state index in [1.54, 1.807) is 0 Å². The lowest BCUT2D eigenvalue weighted by Crippen LogP contribution is -2.13. The Kier molecular flexibility index (Phi) is 9.99. The average molecular weight is 913 g/mol. The standard InChI is InChI=1S/C66H60N2O2/c1-39-23-25-41(3)57(35-39)67(55-21-13-19-49-47-17-11-15-45(37-65(5,6)7)61(47)69-63(49)55)53-33-29-43-28-32-52-54(34-30-44-27-31-51(53)59(43)60(44)52)68(58-36-40(2)24-26-42(58)4)56-22-14-20-50-48-18-12-16-46(38-66(8,9)10)62(48)70-64(50)56/h11-36H,37-38H2,1-10H3. The summed E-state index contributed by atoms with van der Waals surface area (Å²) in [5.41, 5.74) is 17.7. The minimum Gasteiger partial charge on any atom is -0.454 e. The van der Waals surface area contributed by atoms with Gasteiger partial charge in [0, 0.05) is 43.7 Å². The van der Waals surface area contributed by atoms with Crippen molar-refractivity contribution in [3.8, 4) is 0 Å². The zero-order valence-corrected chi connectivity index (χ0v) is 42.1. The van der Waals surface area contributed by atoms with Crippen LogP contribution < -0.4 is 9.80 Å². The molecule has 0 unspecified atom stereocenters. The highest BCUT2D eigenvalue weighted by Crippen LogP contribution is 2.51. The van der Waals surface area contributed by atoms with Crippen molar-refractivity contribution in [3.05, 3.63) is 191 Å². The molecule has 4 nitrogen and oxygen atoms in total. The van der Waals surface area contributed by atoms with Crippen LogP contribution in [-0.2, 0) is 12.8 Å². The molecule has 0 aliphatic carbocycles. The molecule has 2 heterocycles. The van der Waals surface area contributed by atoms with Crippen molar-refractivity contribution in [1.29, 1.82) is 0 Å². The summed E-state index contributed by atoms with van der Waals surface area (Å²) in [7, 11) is 0. The van der Waals surface area contributed by atoms with Gasteiger partial charge in [-0.05, 0) is 143 Å². The second kappa shape index (κ2) is 16.0. The SMILES string of the molecule is Cc1ccc(C)c(N(c2ccc3ccc4c(N(c5cc(C)ccc5C)c5cccc6c5oc5c(CC(C)(C)C)cccc56)ccc5ccc2c3c54)c2cccc3c2oc2c(CC(C)(C)C)cccc23)c1. The van der Waals surface area contributed by atoms with Crippen LogP contribution in [0, 0.1) is 38.5 Å². The summed E-state index contributed by atoms with van der Waals surface area (Å²) in [6.45, 7) is 22.6. The van der Waals surface area contributed by atoms with E-state index in [1.165, 1.54) is 65.7 Å². The fourth-order valence-corrected chi connectivity index (χ4v) is 11.4. The van der Waals surface area contributed by atoms with Gasteiger partial charge in [-0.3, -0.25) is 0 Å². The second-order valence-corrected chi connectivity index (χ2v) is 22.4. The van der Waals surface area contributed by atoms with Crippen molar-refractivity contribution in [2.45, 2.75) is 82.1 Å². The minimum absolute atomic E-state index is 0.106. The molecule has 2 aromatic heterocycles. The Morgan fingerprint density at radius 2 is 0.714 bits per heavy atom. The summed E-state index contributed by atoms with van der Waals surface area (Å²) in [6.07, 6.45) is 1.84. The van der Waals surface area contributed by atoms with Crippen molar-refractivity contribution in [2.75, 3.05) is 9.80 Å². The molecule has 70 heavy (non-hydrogen) atoms. The normalized spacial score (nSPS) is 12.5. The Hall–Kier alpha value is -7.56. The Balaban J connectivity index is 1.12. The fourth-order valence-electron chi connectivity index (χ4n) is 11.4. The molecule has 0 aliphatic heterocycles. The highest BCUT2D eigenvalue weighted by atomic mass is 16.3. The quantitative estimate of drug-likeness (QED) is 0.142. The minimum atomic E-state index is 0.106. The van der Waals surface area contributed by atoms with Gasteiger partial charge in [-0.15, -0.1) is 0 Å². The number of furan rings is 2. The molecule has 0 radical (unpaired) electrons. The topological polar surface area (TPSA) is 32.8 Å². The first-order valence-corrected chi connectivity index (χ1v) is 24.9. The number of hydrogen-bond acceptors (Lipinski definition) is 4. The Morgan fingerprint density at radius 1 is 0.343 bits per heavy atom. The molecule has 0 saturated carbocycles. The number of anilines is 6. The van der Waals surface area contributed by atoms with Crippen LogP contribution in [0.2, 0.25) is 0 Å². The third-order valence-electron chi connectivity index (χ3n) is 14.4. The maximum atomic E-state index is 7.15. The molecule has 346 valence electrons. The predicted octanol–water partition coefficient (Wildman–Crippen LogP) is 19.7. The maximum absolute atomic E-state index is 7.15. The van der Waals surface area contributed by atoms with E-state index in [2.05, 4.69) is 237 Å². The highest BCUT2D eigenvalue weighted by molar-refractivity contribution is 6.29. The molecule has 0 spiro atoms. The highest BCUT2D eigenvalue weighted by Gasteiger charge is 2.28. The van der Waals surface area contributed by atoms with Crippen LogP contribution in [0.3, 0.4) is 0 Å². The summed E-state index contributed by atoms with van der Waals surface area (Å²) < 4.78 is 14.3. The van der Waals surface area contributed by atoms with Gasteiger partial charge < -0.3 is 18.6 Å². The van der Waals surface area contributed by atoms with E-state index < -0.39 is 0 Å². The smallest absolute Gasteiger partial charge is 0.159 e. The van der Waals surface area contributed by atoms with Gasteiger partial charge in [-0.1, -0.05) is 163 Å². The number of aryl methyl sites for hydroxylation is 4. The average Bonchev–Trinajstić information content (AvgIpc) is 3.91. The summed E-state index contributed by atoms with van der Waals surface area (Å²) in [4.78, 5) is 4.92. The van der Waals surface area contributed by atoms with E-state index in [9.17, 15) is 0 Å². The molecule has 0 saturated heterocycles. The first-order chi connectivity index (χ1) is 33.6. The van der Waals surface area contributed by atoms with Crippen LogP contribution in [0.5, 0.6) is 0 Å². The molecule has 0 N–H and O–H groups in total. The maximum Gasteiger partial charge on any atom is 0.159 e. The number of rotatable bonds is 8. The molecule has 0 bridgehead atoms. The molecular weight excluding hydrogens is 853 g/mol. The lowest BCUT2D eigenvalue weighted by atomic mass is 9.87. The van der Waals surface area contributed by atoms with Crippen LogP contribution in [-0.4, -0.2) is 0 Å². The lowest BCUT2D eigenvalue weighted by molar-refractivity contribution is 0.410. The van der Waals surface area contributed by atoms with Crippen LogP contribution in [0.25, 0.3) is 76.2 Å². The van der Waals surface area contributed by atoms with Gasteiger partial charge in [-0.25, -0.2) is 0 Å². The van der Waals surface area contributed by atoms with E-state index in [0.717, 1.165) is 90.8 Å². The van der Waals surface area contributed by atoms with Crippen LogP contribution >= 0.6 is 0 Å². The van der Waals surface area contributed by atoms with Crippen molar-refractivity contribution < 1.29 is 8.83 Å². The first kappa shape index (κ1) is 43.7. The summed E-state index contributed by atoms with van der Waals surface area (Å²) >= 11 is 0. The zero-order chi connectivity index (χ0) is 48.4. The lowest BCUT2D eigenvalue weighted by Gasteiger charge is -2.30. The van der Waals surface area contributed by atoms with Crippen LogP contribution in [0.1, 0.15) is 74.9 Å². The number of fused-ring (bicyclic) bond motifs is 6. The Bertz CT molecular complexity index is 3780. The number of para-hydroxylation sites is 4. The third kappa shape index (κ3) is 7.18. The molecule has 0 amide bonds. The van der Waals surface area contributed by atoms with Crippen molar-refractivity contribution in [1.82, 2.24) is 0 Å². The number of nitrogens with zero attached hydrogens (tertiary/aromatic N) is 2. The second-order valence-electron chi connectivity index (χ2n) is 22.4. The number of hydrogen-bond donors (Lipinski definition) is 0. The summed E-state index contributed by atoms with van der Waals surface area (Å²) in [5, 5.41) is 11.8. The molecule has 10 aromatic carbocycles. The fraction of sp³-hybridized carbons (Fsp3) is 0.212. The molecule has 12 rings (SSSR count). The van der Waals surface area contributed by atoms with E-state index in [0.29, 0.717) is 0 Å². The van der Waals surface area contributed by atoms with Gasteiger partial charge in [-0.2, -0.15) is 0 Å². The molecule has 12 aromatic rings. The van der Waals surface area contributed by atoms with Gasteiger partial charge in [0.1, 0.15) is 11.2 Å². The Labute approximate surface area is 411 Å². The van der Waals surface area contributed by atoms with E-state index >= 15 is 0 Å². The molecule has 0 aliphatic rings. The van der Waals surface area contributed by atoms with E-state index in [-0.39, 0.29) is 10.8 Å². The third-order valence-corrected chi connectivity index (χ3v) is 14.4. The van der Waals surface area contributed by atoms with Crippen molar-refractivity contribution >= 4 is 110 Å². The molecular formula is C66H60N2O2. The van der Waals surface area contributed by atoms with Gasteiger partial charge >= 0.3 is 0 Å². The molecule has 0 atom stereocenters. The number of benzene rings is 10. The van der Waals surface area contributed by atoms with Gasteiger partial charge in [0.25, 0.3) is 0 Å².